The number of carbonyl (C=O) groups excluding carboxylic acids is 1. The molecule has 3 aromatic rings. The second-order valence-corrected chi connectivity index (χ2v) is 7.02. The van der Waals surface area contributed by atoms with Crippen LogP contribution in [-0.4, -0.2) is 53.0 Å². The zero-order valence-electron chi connectivity index (χ0n) is 16.8. The summed E-state index contributed by atoms with van der Waals surface area (Å²) in [5, 5.41) is 0. The Labute approximate surface area is 169 Å². The van der Waals surface area contributed by atoms with Gasteiger partial charge in [0.05, 0.1) is 12.3 Å². The number of nitrogens with zero attached hydrogens (tertiary/aromatic N) is 4. The summed E-state index contributed by atoms with van der Waals surface area (Å²) in [6, 6.07) is 10.2. The maximum Gasteiger partial charge on any atom is 0.272 e. The highest BCUT2D eigenvalue weighted by molar-refractivity contribution is 5.95. The van der Waals surface area contributed by atoms with Crippen LogP contribution in [-0.2, 0) is 6.42 Å². The Morgan fingerprint density at radius 1 is 1.10 bits per heavy atom. The smallest absolute Gasteiger partial charge is 0.272 e. The second-order valence-electron chi connectivity index (χ2n) is 7.02. The number of benzene rings is 1. The zero-order valence-corrected chi connectivity index (χ0v) is 16.8. The van der Waals surface area contributed by atoms with Crippen molar-refractivity contribution in [3.63, 3.8) is 0 Å². The lowest BCUT2D eigenvalue weighted by atomic mass is 10.2. The van der Waals surface area contributed by atoms with Crippen molar-refractivity contribution < 1.29 is 13.9 Å². The fourth-order valence-corrected chi connectivity index (χ4v) is 3.80. The molecule has 1 amide bonds. The zero-order chi connectivity index (χ0) is 20.4. The van der Waals surface area contributed by atoms with E-state index in [-0.39, 0.29) is 11.7 Å². The molecule has 1 aliphatic rings. The van der Waals surface area contributed by atoms with Gasteiger partial charge in [0, 0.05) is 38.1 Å². The molecular formula is C22H25FN4O2. The van der Waals surface area contributed by atoms with Gasteiger partial charge in [0.2, 0.25) is 0 Å². The lowest BCUT2D eigenvalue weighted by Gasteiger charge is -2.36. The van der Waals surface area contributed by atoms with Gasteiger partial charge in [-0.2, -0.15) is 0 Å². The number of hydrogen-bond donors (Lipinski definition) is 0. The highest BCUT2D eigenvalue weighted by Crippen LogP contribution is 2.25. The van der Waals surface area contributed by atoms with Crippen LogP contribution in [0, 0.1) is 5.82 Å². The van der Waals surface area contributed by atoms with E-state index in [1.165, 1.54) is 12.1 Å². The van der Waals surface area contributed by atoms with Crippen molar-refractivity contribution in [1.29, 1.82) is 0 Å². The van der Waals surface area contributed by atoms with E-state index in [0.717, 1.165) is 11.4 Å². The Balaban J connectivity index is 1.56. The predicted molar refractivity (Wildman–Crippen MR) is 110 cm³/mol. The molecule has 0 N–H and O–H groups in total. The minimum absolute atomic E-state index is 0.0123. The number of carbonyl (C=O) groups is 1. The Morgan fingerprint density at radius 3 is 2.48 bits per heavy atom. The quantitative estimate of drug-likeness (QED) is 0.663. The van der Waals surface area contributed by atoms with E-state index < -0.39 is 0 Å². The number of piperazine rings is 1. The van der Waals surface area contributed by atoms with Gasteiger partial charge in [-0.05, 0) is 49.7 Å². The summed E-state index contributed by atoms with van der Waals surface area (Å²) in [5.74, 6) is 0.431. The molecule has 0 aliphatic carbocycles. The first-order valence-electron chi connectivity index (χ1n) is 10.0. The van der Waals surface area contributed by atoms with Crippen molar-refractivity contribution in [2.45, 2.75) is 20.3 Å². The van der Waals surface area contributed by atoms with E-state index in [1.807, 2.05) is 41.5 Å². The summed E-state index contributed by atoms with van der Waals surface area (Å²) in [7, 11) is 0. The largest absolute Gasteiger partial charge is 0.490 e. The number of anilines is 1. The number of rotatable bonds is 5. The van der Waals surface area contributed by atoms with Gasteiger partial charge in [-0.15, -0.1) is 0 Å². The molecule has 1 aromatic carbocycles. The highest BCUT2D eigenvalue weighted by atomic mass is 19.1. The lowest BCUT2D eigenvalue weighted by molar-refractivity contribution is 0.0738. The fraction of sp³-hybridized carbons (Fsp3) is 0.364. The van der Waals surface area contributed by atoms with Gasteiger partial charge >= 0.3 is 0 Å². The number of aromatic nitrogens is 2. The van der Waals surface area contributed by atoms with Gasteiger partial charge in [-0.25, -0.2) is 9.37 Å². The predicted octanol–water partition coefficient (Wildman–Crippen LogP) is 3.40. The molecule has 1 fully saturated rings. The molecule has 29 heavy (non-hydrogen) atoms. The van der Waals surface area contributed by atoms with E-state index in [4.69, 9.17) is 4.74 Å². The van der Waals surface area contributed by atoms with Gasteiger partial charge in [0.1, 0.15) is 11.5 Å². The third-order valence-electron chi connectivity index (χ3n) is 5.28. The van der Waals surface area contributed by atoms with Crippen LogP contribution in [0.5, 0.6) is 5.75 Å². The Hall–Kier alpha value is -3.09. The van der Waals surface area contributed by atoms with Crippen molar-refractivity contribution in [3.8, 4) is 5.75 Å². The van der Waals surface area contributed by atoms with Gasteiger partial charge in [0.25, 0.3) is 5.91 Å². The average Bonchev–Trinajstić information content (AvgIpc) is 3.14. The molecule has 0 saturated carbocycles. The minimum atomic E-state index is -0.242. The molecule has 1 saturated heterocycles. The average molecular weight is 396 g/mol. The van der Waals surface area contributed by atoms with Crippen LogP contribution in [0.1, 0.15) is 30.0 Å². The maximum absolute atomic E-state index is 13.4. The van der Waals surface area contributed by atoms with Crippen LogP contribution < -0.4 is 9.64 Å². The molecule has 1 aliphatic heterocycles. The number of halogens is 1. The van der Waals surface area contributed by atoms with Crippen molar-refractivity contribution in [2.75, 3.05) is 37.7 Å². The molecule has 7 heteroatoms. The van der Waals surface area contributed by atoms with Gasteiger partial charge < -0.3 is 14.5 Å². The summed E-state index contributed by atoms with van der Waals surface area (Å²) < 4.78 is 20.7. The molecular weight excluding hydrogens is 371 g/mol. The molecule has 0 unspecified atom stereocenters. The number of aryl methyl sites for hydroxylation is 1. The van der Waals surface area contributed by atoms with E-state index in [1.54, 1.807) is 12.1 Å². The molecule has 4 rings (SSSR count). The number of pyridine rings is 1. The van der Waals surface area contributed by atoms with Crippen LogP contribution >= 0.6 is 0 Å². The molecule has 2 aromatic heterocycles. The van der Waals surface area contributed by atoms with Crippen LogP contribution in [0.4, 0.5) is 10.1 Å². The molecule has 0 spiro atoms. The Bertz CT molecular complexity index is 1010. The Morgan fingerprint density at radius 2 is 1.83 bits per heavy atom. The van der Waals surface area contributed by atoms with Gasteiger partial charge in [-0.1, -0.05) is 6.92 Å². The molecule has 0 bridgehead atoms. The van der Waals surface area contributed by atoms with Crippen LogP contribution in [0.25, 0.3) is 5.65 Å². The normalized spacial score (nSPS) is 14.4. The standard InChI is InChI=1S/C22H25FN4O2/c1-3-18-20(27-11-5-6-19(29-4-2)21(27)24-18)22(28)26-14-12-25(13-15-26)17-9-7-16(23)8-10-17/h5-11H,3-4,12-15H2,1-2H3. The minimum Gasteiger partial charge on any atom is -0.490 e. The first kappa shape index (κ1) is 19.2. The summed E-state index contributed by atoms with van der Waals surface area (Å²) in [5.41, 5.74) is 3.05. The third-order valence-corrected chi connectivity index (χ3v) is 5.28. The van der Waals surface area contributed by atoms with E-state index >= 15 is 0 Å². The van der Waals surface area contributed by atoms with Crippen LogP contribution in [0.15, 0.2) is 42.6 Å². The number of fused-ring (bicyclic) bond motifs is 1. The summed E-state index contributed by atoms with van der Waals surface area (Å²) in [4.78, 5) is 22.1. The van der Waals surface area contributed by atoms with Crippen molar-refractivity contribution in [3.05, 3.63) is 59.8 Å². The summed E-state index contributed by atoms with van der Waals surface area (Å²) in [6.45, 7) is 7.11. The number of imidazole rings is 1. The highest BCUT2D eigenvalue weighted by Gasteiger charge is 2.27. The van der Waals surface area contributed by atoms with Crippen molar-refractivity contribution in [1.82, 2.24) is 14.3 Å². The maximum atomic E-state index is 13.4. The molecule has 0 atom stereocenters. The molecule has 6 nitrogen and oxygen atoms in total. The number of amides is 1. The first-order chi connectivity index (χ1) is 14.1. The van der Waals surface area contributed by atoms with Crippen molar-refractivity contribution >= 4 is 17.2 Å². The van der Waals surface area contributed by atoms with E-state index in [9.17, 15) is 9.18 Å². The number of ether oxygens (including phenoxy) is 1. The monoisotopic (exact) mass is 396 g/mol. The molecule has 152 valence electrons. The Kier molecular flexibility index (Phi) is 5.38. The SMILES string of the molecule is CCOc1cccn2c(C(=O)N3CCN(c4ccc(F)cc4)CC3)c(CC)nc12. The van der Waals surface area contributed by atoms with Gasteiger partial charge in [0.15, 0.2) is 11.4 Å². The van der Waals surface area contributed by atoms with E-state index in [0.29, 0.717) is 56.3 Å². The van der Waals surface area contributed by atoms with E-state index in [2.05, 4.69) is 9.88 Å². The van der Waals surface area contributed by atoms with Gasteiger partial charge in [-0.3, -0.25) is 9.20 Å². The van der Waals surface area contributed by atoms with Crippen LogP contribution in [0.3, 0.4) is 0 Å². The lowest BCUT2D eigenvalue weighted by Crippen LogP contribution is -2.49. The fourth-order valence-electron chi connectivity index (χ4n) is 3.80. The molecule has 3 heterocycles. The third kappa shape index (κ3) is 3.64. The summed E-state index contributed by atoms with van der Waals surface area (Å²) in [6.07, 6.45) is 2.54. The van der Waals surface area contributed by atoms with Crippen LogP contribution in [0.2, 0.25) is 0 Å². The topological polar surface area (TPSA) is 50.1 Å². The van der Waals surface area contributed by atoms with Crippen molar-refractivity contribution in [2.24, 2.45) is 0 Å². The second kappa shape index (κ2) is 8.11. The number of hydrogen-bond acceptors (Lipinski definition) is 4. The molecule has 0 radical (unpaired) electrons. The first-order valence-corrected chi connectivity index (χ1v) is 10.0. The summed E-state index contributed by atoms with van der Waals surface area (Å²) >= 11 is 0.